The number of carbonyl (C=O) groups excluding carboxylic acids is 1. The number of nitrogens with one attached hydrogen (secondary N) is 1. The molecule has 7 nitrogen and oxygen atoms in total. The molecule has 0 rings (SSSR count). The molecule has 2 N–H and O–H groups in total. The number of ether oxygens (including phenoxy) is 1. The summed E-state index contributed by atoms with van der Waals surface area (Å²) in [6.45, 7) is 2.27. The van der Waals surface area contributed by atoms with Crippen LogP contribution in [0.25, 0.3) is 0 Å². The third-order valence-electron chi connectivity index (χ3n) is 1.71. The van der Waals surface area contributed by atoms with Crippen LogP contribution in [0, 0.1) is 0 Å². The Hall–Kier alpha value is -1.15. The van der Waals surface area contributed by atoms with Gasteiger partial charge in [-0.1, -0.05) is 0 Å². The summed E-state index contributed by atoms with van der Waals surface area (Å²) in [7, 11) is -2.97. The molecule has 0 fully saturated rings. The number of carboxylic acids is 1. The molecule has 0 aromatic heterocycles. The van der Waals surface area contributed by atoms with E-state index in [4.69, 9.17) is 5.11 Å². The van der Waals surface area contributed by atoms with Gasteiger partial charge in [-0.05, 0) is 13.8 Å². The fraction of sp³-hybridized carbons (Fsp3) is 0.714. The molecule has 0 aromatic rings. The number of carboxylic acid groups (broad SMARTS) is 1. The van der Waals surface area contributed by atoms with E-state index in [9.17, 15) is 18.0 Å². The van der Waals surface area contributed by atoms with Crippen molar-refractivity contribution in [2.75, 3.05) is 7.11 Å². The van der Waals surface area contributed by atoms with Crippen molar-refractivity contribution in [1.29, 1.82) is 0 Å². The van der Waals surface area contributed by atoms with Crippen molar-refractivity contribution >= 4 is 22.0 Å². The average Bonchev–Trinajstić information content (AvgIpc) is 2.14. The maximum absolute atomic E-state index is 11.4. The average molecular weight is 239 g/mol. The molecule has 0 radical (unpaired) electrons. The smallest absolute Gasteiger partial charge is 0.325 e. The van der Waals surface area contributed by atoms with Gasteiger partial charge in [-0.3, -0.25) is 9.59 Å². The largest absolute Gasteiger partial charge is 0.480 e. The van der Waals surface area contributed by atoms with Gasteiger partial charge in [0, 0.05) is 0 Å². The second-order valence-corrected chi connectivity index (χ2v) is 4.92. The maximum atomic E-state index is 11.4. The first kappa shape index (κ1) is 13.8. The van der Waals surface area contributed by atoms with Gasteiger partial charge in [0.2, 0.25) is 10.0 Å². The van der Waals surface area contributed by atoms with E-state index in [1.54, 1.807) is 0 Å². The topological polar surface area (TPSA) is 110 Å². The lowest BCUT2D eigenvalue weighted by Crippen LogP contribution is -2.45. The summed E-state index contributed by atoms with van der Waals surface area (Å²) in [6.07, 6.45) is 0. The zero-order chi connectivity index (χ0) is 12.2. The first-order chi connectivity index (χ1) is 6.72. The third kappa shape index (κ3) is 3.84. The summed E-state index contributed by atoms with van der Waals surface area (Å²) < 4.78 is 28.8. The Kier molecular flexibility index (Phi) is 4.69. The highest BCUT2D eigenvalue weighted by Crippen LogP contribution is 2.02. The minimum Gasteiger partial charge on any atom is -0.480 e. The van der Waals surface area contributed by atoms with Gasteiger partial charge < -0.3 is 9.84 Å². The number of hydrogen-bond donors (Lipinski definition) is 2. The zero-order valence-corrected chi connectivity index (χ0v) is 9.37. The second kappa shape index (κ2) is 5.08. The van der Waals surface area contributed by atoms with E-state index in [1.807, 2.05) is 4.72 Å². The molecule has 0 saturated heterocycles. The summed E-state index contributed by atoms with van der Waals surface area (Å²) in [5.41, 5.74) is 0. The number of esters is 1. The van der Waals surface area contributed by atoms with E-state index >= 15 is 0 Å². The molecule has 0 aliphatic rings. The molecule has 0 aliphatic heterocycles. The first-order valence-corrected chi connectivity index (χ1v) is 5.58. The van der Waals surface area contributed by atoms with Crippen LogP contribution in [-0.2, 0) is 24.3 Å². The van der Waals surface area contributed by atoms with Crippen LogP contribution in [0.4, 0.5) is 0 Å². The van der Waals surface area contributed by atoms with Crippen LogP contribution in [0.2, 0.25) is 0 Å². The van der Waals surface area contributed by atoms with Gasteiger partial charge >= 0.3 is 11.9 Å². The number of sulfonamides is 1. The van der Waals surface area contributed by atoms with Crippen LogP contribution in [0.1, 0.15) is 13.8 Å². The van der Waals surface area contributed by atoms with Gasteiger partial charge in [-0.2, -0.15) is 0 Å². The van der Waals surface area contributed by atoms with Crippen molar-refractivity contribution in [2.45, 2.75) is 25.1 Å². The molecule has 0 aliphatic carbocycles. The highest BCUT2D eigenvalue weighted by molar-refractivity contribution is 7.90. The predicted molar refractivity (Wildman–Crippen MR) is 50.6 cm³/mol. The van der Waals surface area contributed by atoms with Gasteiger partial charge in [-0.25, -0.2) is 13.1 Å². The van der Waals surface area contributed by atoms with E-state index < -0.39 is 33.3 Å². The van der Waals surface area contributed by atoms with Crippen molar-refractivity contribution in [1.82, 2.24) is 4.72 Å². The van der Waals surface area contributed by atoms with Crippen LogP contribution >= 0.6 is 0 Å². The highest BCUT2D eigenvalue weighted by Gasteiger charge is 2.31. The van der Waals surface area contributed by atoms with E-state index in [-0.39, 0.29) is 0 Å². The number of hydrogen-bond acceptors (Lipinski definition) is 5. The lowest BCUT2D eigenvalue weighted by atomic mass is 10.4. The lowest BCUT2D eigenvalue weighted by molar-refractivity contribution is -0.140. The molecule has 0 heterocycles. The van der Waals surface area contributed by atoms with Crippen LogP contribution < -0.4 is 4.72 Å². The lowest BCUT2D eigenvalue weighted by Gasteiger charge is -2.14. The molecule has 15 heavy (non-hydrogen) atoms. The maximum Gasteiger partial charge on any atom is 0.325 e. The first-order valence-electron chi connectivity index (χ1n) is 4.04. The Bertz CT molecular complexity index is 348. The Labute approximate surface area is 87.5 Å². The van der Waals surface area contributed by atoms with Gasteiger partial charge in [0.25, 0.3) is 0 Å². The fourth-order valence-corrected chi connectivity index (χ4v) is 1.84. The molecule has 0 amide bonds. The normalized spacial score (nSPS) is 15.4. The monoisotopic (exact) mass is 239 g/mol. The molecular formula is C7H13NO6S. The van der Waals surface area contributed by atoms with E-state index in [0.717, 1.165) is 21.0 Å². The van der Waals surface area contributed by atoms with E-state index in [2.05, 4.69) is 4.74 Å². The van der Waals surface area contributed by atoms with Gasteiger partial charge in [0.05, 0.1) is 7.11 Å². The number of carbonyl (C=O) groups is 2. The van der Waals surface area contributed by atoms with Crippen LogP contribution in [0.5, 0.6) is 0 Å². The zero-order valence-electron chi connectivity index (χ0n) is 8.55. The third-order valence-corrected chi connectivity index (χ3v) is 3.52. The van der Waals surface area contributed by atoms with Gasteiger partial charge in [0.1, 0.15) is 6.04 Å². The van der Waals surface area contributed by atoms with E-state index in [1.165, 1.54) is 0 Å². The SMILES string of the molecule is COC(=O)C(C)S(=O)(=O)NC(C)C(=O)O. The molecule has 0 aromatic carbocycles. The van der Waals surface area contributed by atoms with Crippen molar-refractivity contribution in [3.63, 3.8) is 0 Å². The number of methoxy groups -OCH3 is 1. The molecule has 88 valence electrons. The van der Waals surface area contributed by atoms with Crippen molar-refractivity contribution in [3.8, 4) is 0 Å². The molecular weight excluding hydrogens is 226 g/mol. The summed E-state index contributed by atoms with van der Waals surface area (Å²) in [5, 5.41) is 7.04. The Morgan fingerprint density at radius 3 is 2.13 bits per heavy atom. The molecule has 2 atom stereocenters. The molecule has 0 saturated carbocycles. The molecule has 2 unspecified atom stereocenters. The van der Waals surface area contributed by atoms with E-state index in [0.29, 0.717) is 0 Å². The number of aliphatic carboxylic acids is 1. The quantitative estimate of drug-likeness (QED) is 0.592. The van der Waals surface area contributed by atoms with Gasteiger partial charge in [-0.15, -0.1) is 0 Å². The summed E-state index contributed by atoms with van der Waals surface area (Å²) in [4.78, 5) is 21.3. The predicted octanol–water partition coefficient (Wildman–Crippen LogP) is -1.06. The van der Waals surface area contributed by atoms with Crippen LogP contribution in [-0.4, -0.2) is 43.9 Å². The minimum absolute atomic E-state index is 0.944. The Balaban J connectivity index is 4.70. The fourth-order valence-electron chi connectivity index (χ4n) is 0.692. The number of rotatable bonds is 5. The summed E-state index contributed by atoms with van der Waals surface area (Å²) >= 11 is 0. The van der Waals surface area contributed by atoms with Gasteiger partial charge in [0.15, 0.2) is 5.25 Å². The van der Waals surface area contributed by atoms with Crippen molar-refractivity contribution in [2.24, 2.45) is 0 Å². The summed E-state index contributed by atoms with van der Waals surface area (Å²) in [6, 6.07) is -1.29. The second-order valence-electron chi connectivity index (χ2n) is 2.89. The van der Waals surface area contributed by atoms with Crippen molar-refractivity contribution < 1.29 is 27.9 Å². The van der Waals surface area contributed by atoms with Crippen molar-refractivity contribution in [3.05, 3.63) is 0 Å². The molecule has 0 spiro atoms. The Morgan fingerprint density at radius 1 is 1.33 bits per heavy atom. The van der Waals surface area contributed by atoms with Crippen LogP contribution in [0.15, 0.2) is 0 Å². The molecule has 8 heteroatoms. The van der Waals surface area contributed by atoms with Crippen LogP contribution in [0.3, 0.4) is 0 Å². The molecule has 0 bridgehead atoms. The Morgan fingerprint density at radius 2 is 1.80 bits per heavy atom. The standard InChI is InChI=1S/C7H13NO6S/c1-4(6(9)10)8-15(12,13)5(2)7(11)14-3/h4-5,8H,1-3H3,(H,9,10). The minimum atomic E-state index is -4.02. The highest BCUT2D eigenvalue weighted by atomic mass is 32.2. The summed E-state index contributed by atoms with van der Waals surface area (Å²) in [5.74, 6) is -2.27.